The first kappa shape index (κ1) is 32.9. The van der Waals surface area contributed by atoms with E-state index in [1.807, 2.05) is 0 Å². The molecule has 3 aromatic rings. The highest BCUT2D eigenvalue weighted by atomic mass is 35.5. The second kappa shape index (κ2) is 16.8. The molecule has 232 valence electrons. The molecule has 4 rings (SSSR count). The Hall–Kier alpha value is -2.97. The van der Waals surface area contributed by atoms with Gasteiger partial charge in [0.25, 0.3) is 5.91 Å². The number of hydrogen-bond acceptors (Lipinski definition) is 5. The molecule has 1 aliphatic heterocycles. The average molecular weight is 629 g/mol. The third-order valence-corrected chi connectivity index (χ3v) is 9.21. The Labute approximate surface area is 263 Å². The highest BCUT2D eigenvalue weighted by Crippen LogP contribution is 2.42. The highest BCUT2D eigenvalue weighted by molar-refractivity contribution is 8.01. The summed E-state index contributed by atoms with van der Waals surface area (Å²) in [6, 6.07) is 11.6. The Bertz CT molecular complexity index is 1350. The van der Waals surface area contributed by atoms with Gasteiger partial charge in [0.05, 0.1) is 41.9 Å². The number of amides is 2. The fourth-order valence-corrected chi connectivity index (χ4v) is 6.53. The number of anilines is 1. The standard InChI is InChI=1S/C34H42ClFN2O4S/c1-3-4-5-6-7-8-9-10-11-12-19-42-30-18-16-28(36)27(32(30)35)23-38-29-17-15-25(21-31(29)43-24(2)34(38)40)33(39)37-22-26-14-13-20-41-26/h13-18,20-21,24H,3-12,19,22-23H2,1-2H3,(H,37,39). The lowest BCUT2D eigenvalue weighted by Gasteiger charge is -2.33. The van der Waals surface area contributed by atoms with Gasteiger partial charge in [0.15, 0.2) is 0 Å². The molecule has 9 heteroatoms. The van der Waals surface area contributed by atoms with Crippen molar-refractivity contribution in [1.82, 2.24) is 5.32 Å². The largest absolute Gasteiger partial charge is 0.492 e. The molecular weight excluding hydrogens is 587 g/mol. The molecule has 2 amide bonds. The van der Waals surface area contributed by atoms with E-state index >= 15 is 4.39 Å². The van der Waals surface area contributed by atoms with Gasteiger partial charge in [0, 0.05) is 16.0 Å². The van der Waals surface area contributed by atoms with Crippen LogP contribution in [0.1, 0.15) is 99.7 Å². The van der Waals surface area contributed by atoms with Crippen molar-refractivity contribution in [2.45, 2.75) is 101 Å². The fraction of sp³-hybridized carbons (Fsp3) is 0.471. The van der Waals surface area contributed by atoms with Crippen LogP contribution in [-0.4, -0.2) is 23.7 Å². The van der Waals surface area contributed by atoms with Crippen molar-refractivity contribution in [2.75, 3.05) is 11.5 Å². The van der Waals surface area contributed by atoms with Gasteiger partial charge in [0.2, 0.25) is 5.91 Å². The predicted octanol–water partition coefficient (Wildman–Crippen LogP) is 9.33. The minimum Gasteiger partial charge on any atom is -0.492 e. The van der Waals surface area contributed by atoms with Crippen LogP contribution in [0.3, 0.4) is 0 Å². The number of benzene rings is 2. The number of furan rings is 1. The minimum atomic E-state index is -0.495. The molecule has 0 saturated heterocycles. The van der Waals surface area contributed by atoms with Crippen LogP contribution in [0.25, 0.3) is 0 Å². The second-order valence-electron chi connectivity index (χ2n) is 11.0. The van der Waals surface area contributed by atoms with E-state index in [0.717, 1.165) is 17.7 Å². The zero-order valence-corrected chi connectivity index (χ0v) is 26.7. The molecule has 0 aliphatic carbocycles. The summed E-state index contributed by atoms with van der Waals surface area (Å²) in [6.07, 6.45) is 13.9. The van der Waals surface area contributed by atoms with E-state index in [1.54, 1.807) is 49.6 Å². The van der Waals surface area contributed by atoms with Gasteiger partial charge in [-0.05, 0) is 55.8 Å². The van der Waals surface area contributed by atoms with Crippen molar-refractivity contribution < 1.29 is 23.1 Å². The van der Waals surface area contributed by atoms with Crippen LogP contribution in [0.15, 0.2) is 58.0 Å². The maximum absolute atomic E-state index is 15.1. The van der Waals surface area contributed by atoms with Crippen LogP contribution in [-0.2, 0) is 17.9 Å². The number of nitrogens with zero attached hydrogens (tertiary/aromatic N) is 1. The molecule has 1 aromatic heterocycles. The quantitative estimate of drug-likeness (QED) is 0.151. The normalized spacial score (nSPS) is 14.6. The zero-order valence-electron chi connectivity index (χ0n) is 25.1. The van der Waals surface area contributed by atoms with Crippen molar-refractivity contribution >= 4 is 40.9 Å². The Balaban J connectivity index is 1.35. The summed E-state index contributed by atoms with van der Waals surface area (Å²) in [5, 5.41) is 2.61. The summed E-state index contributed by atoms with van der Waals surface area (Å²) < 4.78 is 26.3. The summed E-state index contributed by atoms with van der Waals surface area (Å²) in [6.45, 7) is 4.77. The van der Waals surface area contributed by atoms with Crippen LogP contribution in [0, 0.1) is 5.82 Å². The number of unbranched alkanes of at least 4 members (excludes halogenated alkanes) is 9. The monoisotopic (exact) mass is 628 g/mol. The molecule has 0 radical (unpaired) electrons. The van der Waals surface area contributed by atoms with Crippen molar-refractivity contribution in [2.24, 2.45) is 0 Å². The van der Waals surface area contributed by atoms with E-state index in [1.165, 1.54) is 74.1 Å². The minimum absolute atomic E-state index is 0.0408. The fourth-order valence-electron chi connectivity index (χ4n) is 5.16. The molecule has 2 aromatic carbocycles. The number of carbonyl (C=O) groups excluding carboxylic acids is 2. The van der Waals surface area contributed by atoms with Crippen LogP contribution in [0.4, 0.5) is 10.1 Å². The average Bonchev–Trinajstić information content (AvgIpc) is 3.53. The van der Waals surface area contributed by atoms with Crippen LogP contribution < -0.4 is 15.0 Å². The van der Waals surface area contributed by atoms with Crippen LogP contribution >= 0.6 is 23.4 Å². The van der Waals surface area contributed by atoms with E-state index < -0.39 is 11.1 Å². The van der Waals surface area contributed by atoms with Gasteiger partial charge in [-0.2, -0.15) is 0 Å². The van der Waals surface area contributed by atoms with Gasteiger partial charge in [-0.1, -0.05) is 76.3 Å². The maximum atomic E-state index is 15.1. The Morgan fingerprint density at radius 3 is 2.47 bits per heavy atom. The van der Waals surface area contributed by atoms with Gasteiger partial charge < -0.3 is 19.4 Å². The molecule has 43 heavy (non-hydrogen) atoms. The number of rotatable bonds is 17. The van der Waals surface area contributed by atoms with E-state index in [-0.39, 0.29) is 35.5 Å². The lowest BCUT2D eigenvalue weighted by molar-refractivity contribution is -0.118. The molecular formula is C34H42ClFN2O4S. The Morgan fingerprint density at radius 1 is 1.05 bits per heavy atom. The summed E-state index contributed by atoms with van der Waals surface area (Å²) in [5.41, 5.74) is 1.29. The third-order valence-electron chi connectivity index (χ3n) is 7.66. The molecule has 1 N–H and O–H groups in total. The van der Waals surface area contributed by atoms with Crippen LogP contribution in [0.5, 0.6) is 5.75 Å². The van der Waals surface area contributed by atoms with Crippen molar-refractivity contribution in [1.29, 1.82) is 0 Å². The van der Waals surface area contributed by atoms with Crippen LogP contribution in [0.2, 0.25) is 5.02 Å². The summed E-state index contributed by atoms with van der Waals surface area (Å²) in [7, 11) is 0. The van der Waals surface area contributed by atoms with E-state index in [0.29, 0.717) is 29.4 Å². The number of halogens is 2. The maximum Gasteiger partial charge on any atom is 0.251 e. The van der Waals surface area contributed by atoms with Gasteiger partial charge in [-0.3, -0.25) is 9.59 Å². The summed E-state index contributed by atoms with van der Waals surface area (Å²) in [4.78, 5) is 28.3. The van der Waals surface area contributed by atoms with E-state index in [9.17, 15) is 9.59 Å². The Kier molecular flexibility index (Phi) is 12.8. The number of hydrogen-bond donors (Lipinski definition) is 1. The number of fused-ring (bicyclic) bond motifs is 1. The summed E-state index contributed by atoms with van der Waals surface area (Å²) >= 11 is 8.03. The van der Waals surface area contributed by atoms with Crippen molar-refractivity contribution in [3.8, 4) is 5.75 Å². The molecule has 0 bridgehead atoms. The zero-order chi connectivity index (χ0) is 30.6. The smallest absolute Gasteiger partial charge is 0.251 e. The SMILES string of the molecule is CCCCCCCCCCCCOc1ccc(F)c(CN2C(=O)C(C)Sc3cc(C(=O)NCc4ccco4)ccc32)c1Cl. The lowest BCUT2D eigenvalue weighted by Crippen LogP contribution is -2.39. The lowest BCUT2D eigenvalue weighted by atomic mass is 10.1. The predicted molar refractivity (Wildman–Crippen MR) is 172 cm³/mol. The number of carbonyl (C=O) groups is 2. The highest BCUT2D eigenvalue weighted by Gasteiger charge is 2.32. The van der Waals surface area contributed by atoms with Gasteiger partial charge in [-0.25, -0.2) is 4.39 Å². The molecule has 0 fully saturated rings. The van der Waals surface area contributed by atoms with E-state index in [2.05, 4.69) is 12.2 Å². The Morgan fingerprint density at radius 2 is 1.77 bits per heavy atom. The molecule has 1 atom stereocenters. The number of thioether (sulfide) groups is 1. The van der Waals surface area contributed by atoms with Gasteiger partial charge in [0.1, 0.15) is 17.3 Å². The first-order valence-electron chi connectivity index (χ1n) is 15.4. The molecule has 6 nitrogen and oxygen atoms in total. The first-order chi connectivity index (χ1) is 20.9. The number of nitrogens with one attached hydrogen (secondary N) is 1. The van der Waals surface area contributed by atoms with Gasteiger partial charge >= 0.3 is 0 Å². The van der Waals surface area contributed by atoms with E-state index in [4.69, 9.17) is 20.8 Å². The third kappa shape index (κ3) is 9.26. The molecule has 0 spiro atoms. The topological polar surface area (TPSA) is 71.8 Å². The van der Waals surface area contributed by atoms with Crippen molar-refractivity contribution in [3.63, 3.8) is 0 Å². The van der Waals surface area contributed by atoms with Gasteiger partial charge in [-0.15, -0.1) is 11.8 Å². The van der Waals surface area contributed by atoms with Crippen molar-refractivity contribution in [3.05, 3.63) is 76.5 Å². The molecule has 1 aliphatic rings. The molecule has 2 heterocycles. The molecule has 0 saturated carbocycles. The second-order valence-corrected chi connectivity index (χ2v) is 12.8. The molecule has 1 unspecified atom stereocenters. The summed E-state index contributed by atoms with van der Waals surface area (Å²) in [5.74, 6) is 0.173. The number of ether oxygens (including phenoxy) is 1. The first-order valence-corrected chi connectivity index (χ1v) is 16.7.